The number of carboxylic acid groups (broad SMARTS) is 1. The monoisotopic (exact) mass is 219 g/mol. The van der Waals surface area contributed by atoms with Gasteiger partial charge in [0.05, 0.1) is 18.4 Å². The summed E-state index contributed by atoms with van der Waals surface area (Å²) in [5.41, 5.74) is 0.918. The molecule has 1 aromatic rings. The molecule has 16 heavy (non-hydrogen) atoms. The largest absolute Gasteiger partial charge is 0.493 e. The van der Waals surface area contributed by atoms with Crippen LogP contribution in [0.15, 0.2) is 24.3 Å². The molecule has 0 saturated carbocycles. The minimum absolute atomic E-state index is 0.146. The summed E-state index contributed by atoms with van der Waals surface area (Å²) in [6.45, 7) is 1.74. The maximum absolute atomic E-state index is 10.5. The van der Waals surface area contributed by atoms with Gasteiger partial charge in [0.1, 0.15) is 12.4 Å². The molecule has 0 heterocycles. The number of rotatable bonds is 5. The lowest BCUT2D eigenvalue weighted by molar-refractivity contribution is -0.142. The maximum atomic E-state index is 10.5. The van der Waals surface area contributed by atoms with Crippen molar-refractivity contribution in [1.29, 1.82) is 5.26 Å². The van der Waals surface area contributed by atoms with E-state index in [1.807, 2.05) is 0 Å². The van der Waals surface area contributed by atoms with Gasteiger partial charge in [-0.2, -0.15) is 5.26 Å². The van der Waals surface area contributed by atoms with Gasteiger partial charge in [0.25, 0.3) is 0 Å². The Morgan fingerprint density at radius 2 is 2.12 bits per heavy atom. The molecule has 0 aliphatic carbocycles. The van der Waals surface area contributed by atoms with Crippen LogP contribution < -0.4 is 4.74 Å². The highest BCUT2D eigenvalue weighted by Gasteiger charge is 2.11. The van der Waals surface area contributed by atoms with E-state index in [2.05, 4.69) is 6.07 Å². The highest BCUT2D eigenvalue weighted by atomic mass is 16.5. The summed E-state index contributed by atoms with van der Waals surface area (Å²) in [7, 11) is 0. The van der Waals surface area contributed by atoms with Crippen molar-refractivity contribution in [2.24, 2.45) is 5.92 Å². The average molecular weight is 219 g/mol. The summed E-state index contributed by atoms with van der Waals surface area (Å²) in [5.74, 6) is -0.783. The van der Waals surface area contributed by atoms with Crippen molar-refractivity contribution in [3.63, 3.8) is 0 Å². The summed E-state index contributed by atoms with van der Waals surface area (Å²) in [6.07, 6.45) is 0.367. The van der Waals surface area contributed by atoms with Crippen LogP contribution in [0.25, 0.3) is 0 Å². The van der Waals surface area contributed by atoms with Crippen molar-refractivity contribution >= 4 is 5.97 Å². The van der Waals surface area contributed by atoms with Crippen LogP contribution in [0.3, 0.4) is 0 Å². The van der Waals surface area contributed by atoms with Crippen LogP contribution in [-0.4, -0.2) is 17.7 Å². The van der Waals surface area contributed by atoms with E-state index in [0.29, 0.717) is 12.2 Å². The van der Waals surface area contributed by atoms with Crippen LogP contribution in [0.2, 0.25) is 0 Å². The maximum Gasteiger partial charge on any atom is 0.309 e. The summed E-state index contributed by atoms with van der Waals surface area (Å²) < 4.78 is 5.30. The molecule has 1 atom stereocenters. The molecule has 0 aromatic heterocycles. The molecule has 0 fully saturated rings. The standard InChI is InChI=1S/C12H13NO3/c1-9(12(14)15)8-16-11-4-2-10(3-5-11)6-7-13/h2-5,9H,6,8H2,1H3,(H,14,15). The minimum atomic E-state index is -0.874. The Hall–Kier alpha value is -2.02. The molecule has 84 valence electrons. The van der Waals surface area contributed by atoms with Crippen molar-refractivity contribution < 1.29 is 14.6 Å². The minimum Gasteiger partial charge on any atom is -0.493 e. The first-order valence-corrected chi connectivity index (χ1v) is 4.95. The van der Waals surface area contributed by atoms with E-state index < -0.39 is 11.9 Å². The highest BCUT2D eigenvalue weighted by molar-refractivity contribution is 5.69. The third-order valence-corrected chi connectivity index (χ3v) is 2.13. The topological polar surface area (TPSA) is 70.3 Å². The molecule has 1 rings (SSSR count). The number of carbonyl (C=O) groups is 1. The molecule has 4 nitrogen and oxygen atoms in total. The molecule has 1 unspecified atom stereocenters. The zero-order chi connectivity index (χ0) is 12.0. The van der Waals surface area contributed by atoms with E-state index in [-0.39, 0.29) is 6.61 Å². The van der Waals surface area contributed by atoms with E-state index in [9.17, 15) is 4.79 Å². The van der Waals surface area contributed by atoms with Gasteiger partial charge < -0.3 is 9.84 Å². The first kappa shape index (κ1) is 12.1. The van der Waals surface area contributed by atoms with Crippen molar-refractivity contribution in [2.45, 2.75) is 13.3 Å². The van der Waals surface area contributed by atoms with Gasteiger partial charge in [-0.3, -0.25) is 4.79 Å². The van der Waals surface area contributed by atoms with Crippen LogP contribution in [0.5, 0.6) is 5.75 Å². The lowest BCUT2D eigenvalue weighted by atomic mass is 10.1. The van der Waals surface area contributed by atoms with Crippen LogP contribution >= 0.6 is 0 Å². The zero-order valence-corrected chi connectivity index (χ0v) is 9.01. The van der Waals surface area contributed by atoms with Gasteiger partial charge in [-0.25, -0.2) is 0 Å². The molecule has 1 aromatic carbocycles. The summed E-state index contributed by atoms with van der Waals surface area (Å²) >= 11 is 0. The van der Waals surface area contributed by atoms with Gasteiger partial charge in [-0.15, -0.1) is 0 Å². The van der Waals surface area contributed by atoms with E-state index >= 15 is 0 Å². The Bertz CT molecular complexity index is 392. The van der Waals surface area contributed by atoms with Gasteiger partial charge in [0.15, 0.2) is 0 Å². The Morgan fingerprint density at radius 1 is 1.50 bits per heavy atom. The second kappa shape index (κ2) is 5.76. The number of nitriles is 1. The molecule has 0 amide bonds. The predicted molar refractivity (Wildman–Crippen MR) is 58.1 cm³/mol. The third-order valence-electron chi connectivity index (χ3n) is 2.13. The molecule has 0 spiro atoms. The molecule has 1 N–H and O–H groups in total. The fraction of sp³-hybridized carbons (Fsp3) is 0.333. The van der Waals surface area contributed by atoms with E-state index in [1.165, 1.54) is 0 Å². The third kappa shape index (κ3) is 3.62. The smallest absolute Gasteiger partial charge is 0.309 e. The van der Waals surface area contributed by atoms with Gasteiger partial charge in [0.2, 0.25) is 0 Å². The second-order valence-corrected chi connectivity index (χ2v) is 3.53. The van der Waals surface area contributed by atoms with Crippen molar-refractivity contribution in [3.8, 4) is 11.8 Å². The predicted octanol–water partition coefficient (Wildman–Crippen LogP) is 1.85. The Morgan fingerprint density at radius 3 is 2.62 bits per heavy atom. The molecular formula is C12H13NO3. The van der Waals surface area contributed by atoms with Crippen LogP contribution in [0.4, 0.5) is 0 Å². The summed E-state index contributed by atoms with van der Waals surface area (Å²) in [5, 5.41) is 17.1. The van der Waals surface area contributed by atoms with E-state index in [4.69, 9.17) is 15.1 Å². The summed E-state index contributed by atoms with van der Waals surface area (Å²) in [6, 6.07) is 9.12. The average Bonchev–Trinajstić information content (AvgIpc) is 2.28. The lowest BCUT2D eigenvalue weighted by Gasteiger charge is -2.09. The molecule has 4 heteroatoms. The second-order valence-electron chi connectivity index (χ2n) is 3.53. The van der Waals surface area contributed by atoms with Gasteiger partial charge >= 0.3 is 5.97 Å². The Kier molecular flexibility index (Phi) is 4.34. The van der Waals surface area contributed by atoms with Crippen LogP contribution in [-0.2, 0) is 11.2 Å². The molecular weight excluding hydrogens is 206 g/mol. The SMILES string of the molecule is CC(COc1ccc(CC#N)cc1)C(=O)O. The fourth-order valence-electron chi connectivity index (χ4n) is 1.09. The van der Waals surface area contributed by atoms with Crippen LogP contribution in [0, 0.1) is 17.2 Å². The molecule has 0 saturated heterocycles. The quantitative estimate of drug-likeness (QED) is 0.820. The number of benzene rings is 1. The van der Waals surface area contributed by atoms with Crippen LogP contribution in [0.1, 0.15) is 12.5 Å². The molecule has 0 radical (unpaired) electrons. The Labute approximate surface area is 94.1 Å². The number of nitrogens with zero attached hydrogens (tertiary/aromatic N) is 1. The lowest BCUT2D eigenvalue weighted by Crippen LogP contribution is -2.17. The first-order chi connectivity index (χ1) is 7.63. The van der Waals surface area contributed by atoms with Crippen molar-refractivity contribution in [2.75, 3.05) is 6.61 Å². The normalized spacial score (nSPS) is 11.5. The van der Waals surface area contributed by atoms with E-state index in [0.717, 1.165) is 5.56 Å². The number of hydrogen-bond donors (Lipinski definition) is 1. The summed E-state index contributed by atoms with van der Waals surface area (Å²) in [4.78, 5) is 10.5. The fourth-order valence-corrected chi connectivity index (χ4v) is 1.09. The number of carboxylic acids is 1. The zero-order valence-electron chi connectivity index (χ0n) is 9.01. The molecule has 0 aliphatic rings. The number of aliphatic carboxylic acids is 1. The highest BCUT2D eigenvalue weighted by Crippen LogP contribution is 2.13. The Balaban J connectivity index is 2.50. The van der Waals surface area contributed by atoms with E-state index in [1.54, 1.807) is 31.2 Å². The van der Waals surface area contributed by atoms with Gasteiger partial charge in [-0.05, 0) is 24.6 Å². The first-order valence-electron chi connectivity index (χ1n) is 4.95. The number of hydrogen-bond acceptors (Lipinski definition) is 3. The molecule has 0 aliphatic heterocycles. The van der Waals surface area contributed by atoms with Gasteiger partial charge in [-0.1, -0.05) is 12.1 Å². The molecule has 0 bridgehead atoms. The van der Waals surface area contributed by atoms with Gasteiger partial charge in [0, 0.05) is 0 Å². The van der Waals surface area contributed by atoms with Crippen molar-refractivity contribution in [1.82, 2.24) is 0 Å². The number of ether oxygens (including phenoxy) is 1. The van der Waals surface area contributed by atoms with Crippen molar-refractivity contribution in [3.05, 3.63) is 29.8 Å².